The van der Waals surface area contributed by atoms with Crippen molar-refractivity contribution >= 4 is 56.6 Å². The molecule has 0 radical (unpaired) electrons. The van der Waals surface area contributed by atoms with Gasteiger partial charge in [0, 0.05) is 10.0 Å². The average molecular weight is 728 g/mol. The molecule has 0 saturated carbocycles. The van der Waals surface area contributed by atoms with Crippen molar-refractivity contribution in [1.82, 2.24) is 20.1 Å². The topological polar surface area (TPSA) is 102 Å². The van der Waals surface area contributed by atoms with Gasteiger partial charge < -0.3 is 10.1 Å². The Hall–Kier alpha value is -4.43. The maximum atomic E-state index is 12.9. The number of ether oxygens (including phenoxy) is 1. The van der Waals surface area contributed by atoms with Crippen molar-refractivity contribution in [3.05, 3.63) is 94.2 Å². The molecule has 1 unspecified atom stereocenters. The Kier molecular flexibility index (Phi) is 10.2. The molecule has 1 N–H and O–H groups in total. The number of urea groups is 1. The second-order valence-electron chi connectivity index (χ2n) is 11.0. The Balaban J connectivity index is 1.23. The summed E-state index contributed by atoms with van der Waals surface area (Å²) < 4.78 is 43.4. The quantitative estimate of drug-likeness (QED) is 0.196. The van der Waals surface area contributed by atoms with Crippen LogP contribution in [0.2, 0.25) is 0 Å². The lowest BCUT2D eigenvalue weighted by molar-refractivity contribution is -0.274. The van der Waals surface area contributed by atoms with Crippen molar-refractivity contribution in [1.29, 1.82) is 0 Å². The smallest absolute Gasteiger partial charge is 0.406 e. The number of aryl methyl sites for hydroxylation is 1. The number of carbonyl (C=O) groups excluding carboxylic acids is 2. The fourth-order valence-corrected chi connectivity index (χ4v) is 5.96. The van der Waals surface area contributed by atoms with Crippen molar-refractivity contribution in [3.8, 4) is 22.8 Å². The molecule has 5 rings (SSSR count). The molecule has 1 atom stereocenters. The van der Waals surface area contributed by atoms with Crippen LogP contribution in [0.1, 0.15) is 43.4 Å². The molecule has 2 heterocycles. The SMILES string of the molecule is Cc1ccc(C(C)C)c(N2C(=O)CSC2=NC(=O)NC(C)/C(Br)=C\c2ccc(-c3ncn(-c4ccc(OC(F)(F)F)cc4)n3)cc2)c1. The first-order valence-electron chi connectivity index (χ1n) is 14.5. The van der Waals surface area contributed by atoms with E-state index in [1.54, 1.807) is 0 Å². The molecule has 1 aromatic heterocycles. The first kappa shape index (κ1) is 33.9. The fourth-order valence-electron chi connectivity index (χ4n) is 4.72. The number of thioether (sulfide) groups is 1. The Morgan fingerprint density at radius 3 is 2.45 bits per heavy atom. The number of halogens is 4. The fraction of sp³-hybridized carbons (Fsp3) is 0.242. The number of nitrogens with one attached hydrogen (secondary N) is 1. The van der Waals surface area contributed by atoms with E-state index in [-0.39, 0.29) is 23.3 Å². The highest BCUT2D eigenvalue weighted by molar-refractivity contribution is 9.11. The predicted molar refractivity (Wildman–Crippen MR) is 181 cm³/mol. The number of amides is 3. The van der Waals surface area contributed by atoms with Crippen LogP contribution in [0.25, 0.3) is 23.2 Å². The lowest BCUT2D eigenvalue weighted by Crippen LogP contribution is -2.34. The second-order valence-corrected chi connectivity index (χ2v) is 12.9. The third-order valence-corrected chi connectivity index (χ3v) is 8.90. The van der Waals surface area contributed by atoms with Crippen LogP contribution < -0.4 is 15.0 Å². The average Bonchev–Trinajstić information content (AvgIpc) is 3.64. The van der Waals surface area contributed by atoms with Gasteiger partial charge in [0.1, 0.15) is 12.1 Å². The number of hydrogen-bond donors (Lipinski definition) is 1. The van der Waals surface area contributed by atoms with Gasteiger partial charge in [-0.1, -0.05) is 77.9 Å². The number of amidine groups is 1. The minimum absolute atomic E-state index is 0.123. The number of aliphatic imine (C=N–C) groups is 1. The van der Waals surface area contributed by atoms with Gasteiger partial charge in [-0.3, -0.25) is 9.69 Å². The van der Waals surface area contributed by atoms with Crippen LogP contribution in [-0.2, 0) is 4.79 Å². The Morgan fingerprint density at radius 1 is 1.09 bits per heavy atom. The molecule has 1 saturated heterocycles. The number of hydrogen-bond acceptors (Lipinski definition) is 6. The summed E-state index contributed by atoms with van der Waals surface area (Å²) in [6, 6.07) is 17.7. The number of nitrogens with zero attached hydrogens (tertiary/aromatic N) is 5. The van der Waals surface area contributed by atoms with E-state index in [1.807, 2.05) is 62.4 Å². The number of benzene rings is 3. The first-order valence-corrected chi connectivity index (χ1v) is 16.3. The molecule has 3 aromatic carbocycles. The van der Waals surface area contributed by atoms with Crippen molar-refractivity contribution in [2.75, 3.05) is 10.7 Å². The standard InChI is InChI=1S/C33H30BrF3N6O3S/c1-19(2)26-14-5-20(3)15-28(26)43-29(44)17-47-32(43)40-31(45)39-21(4)27(34)16-22-6-8-23(9-7-22)30-38-18-42(41-30)24-10-12-25(13-11-24)46-33(35,36)37/h5-16,18-19,21H,17H2,1-4H3,(H,39,45)/b27-16+,40-32?. The van der Waals surface area contributed by atoms with Crippen LogP contribution in [0.3, 0.4) is 0 Å². The van der Waals surface area contributed by atoms with Crippen LogP contribution in [0.5, 0.6) is 5.75 Å². The predicted octanol–water partition coefficient (Wildman–Crippen LogP) is 8.23. The van der Waals surface area contributed by atoms with Gasteiger partial charge in [0.05, 0.1) is 23.2 Å². The van der Waals surface area contributed by atoms with Crippen molar-refractivity contribution in [3.63, 3.8) is 0 Å². The van der Waals surface area contributed by atoms with Gasteiger partial charge in [0.2, 0.25) is 5.91 Å². The third kappa shape index (κ3) is 8.49. The monoisotopic (exact) mass is 726 g/mol. The summed E-state index contributed by atoms with van der Waals surface area (Å²) in [7, 11) is 0. The Labute approximate surface area is 282 Å². The highest BCUT2D eigenvalue weighted by atomic mass is 79.9. The van der Waals surface area contributed by atoms with E-state index in [0.717, 1.165) is 27.9 Å². The van der Waals surface area contributed by atoms with Gasteiger partial charge in [0.15, 0.2) is 11.0 Å². The first-order chi connectivity index (χ1) is 22.3. The van der Waals surface area contributed by atoms with Gasteiger partial charge in [0.25, 0.3) is 0 Å². The largest absolute Gasteiger partial charge is 0.573 e. The summed E-state index contributed by atoms with van der Waals surface area (Å²) >= 11 is 4.79. The van der Waals surface area contributed by atoms with Crippen LogP contribution >= 0.6 is 27.7 Å². The van der Waals surface area contributed by atoms with E-state index in [4.69, 9.17) is 0 Å². The molecule has 1 aliphatic heterocycles. The third-order valence-electron chi connectivity index (χ3n) is 7.07. The van der Waals surface area contributed by atoms with E-state index in [1.165, 1.54) is 51.9 Å². The molecular formula is C33H30BrF3N6O3S. The summed E-state index contributed by atoms with van der Waals surface area (Å²) in [6.45, 7) is 7.89. The molecule has 0 spiro atoms. The van der Waals surface area contributed by atoms with Crippen LogP contribution in [-0.4, -0.2) is 50.0 Å². The molecule has 1 aliphatic rings. The van der Waals surface area contributed by atoms with Gasteiger partial charge in [-0.15, -0.1) is 18.3 Å². The number of rotatable bonds is 8. The Morgan fingerprint density at radius 2 is 1.79 bits per heavy atom. The molecule has 3 amide bonds. The van der Waals surface area contributed by atoms with E-state index < -0.39 is 18.4 Å². The zero-order valence-electron chi connectivity index (χ0n) is 25.7. The van der Waals surface area contributed by atoms with Gasteiger partial charge in [-0.05, 0) is 72.9 Å². The highest BCUT2D eigenvalue weighted by Gasteiger charge is 2.33. The number of carbonyl (C=O) groups is 2. The van der Waals surface area contributed by atoms with E-state index in [0.29, 0.717) is 21.2 Å². The number of anilines is 1. The van der Waals surface area contributed by atoms with E-state index in [9.17, 15) is 22.8 Å². The van der Waals surface area contributed by atoms with Crippen molar-refractivity contribution in [2.45, 2.75) is 46.0 Å². The summed E-state index contributed by atoms with van der Waals surface area (Å²) in [5.74, 6) is 0.364. The molecule has 1 fully saturated rings. The van der Waals surface area contributed by atoms with Crippen LogP contribution in [0.4, 0.5) is 23.7 Å². The minimum Gasteiger partial charge on any atom is -0.406 e. The molecule has 244 valence electrons. The molecule has 14 heteroatoms. The molecule has 47 heavy (non-hydrogen) atoms. The van der Waals surface area contributed by atoms with Gasteiger partial charge in [-0.25, -0.2) is 14.5 Å². The van der Waals surface area contributed by atoms with Crippen LogP contribution in [0, 0.1) is 6.92 Å². The highest BCUT2D eigenvalue weighted by Crippen LogP contribution is 2.34. The zero-order chi connectivity index (χ0) is 33.9. The molecule has 0 bridgehead atoms. The zero-order valence-corrected chi connectivity index (χ0v) is 28.2. The van der Waals surface area contributed by atoms with Crippen molar-refractivity contribution in [2.24, 2.45) is 4.99 Å². The minimum atomic E-state index is -4.76. The summed E-state index contributed by atoms with van der Waals surface area (Å²) in [5.41, 5.74) is 4.85. The second kappa shape index (κ2) is 14.1. The molecule has 0 aliphatic carbocycles. The lowest BCUT2D eigenvalue weighted by atomic mass is 9.99. The van der Waals surface area contributed by atoms with Gasteiger partial charge in [-0.2, -0.15) is 4.99 Å². The molecular weight excluding hydrogens is 697 g/mol. The number of alkyl halides is 3. The number of aromatic nitrogens is 3. The maximum absolute atomic E-state index is 12.9. The van der Waals surface area contributed by atoms with Crippen LogP contribution in [0.15, 0.2) is 82.5 Å². The van der Waals surface area contributed by atoms with E-state index >= 15 is 0 Å². The lowest BCUT2D eigenvalue weighted by Gasteiger charge is -2.22. The summed E-state index contributed by atoms with van der Waals surface area (Å²) in [5, 5.41) is 7.62. The Bertz CT molecular complexity index is 1840. The molecule has 9 nitrogen and oxygen atoms in total. The van der Waals surface area contributed by atoms with E-state index in [2.05, 4.69) is 54.9 Å². The van der Waals surface area contributed by atoms with Gasteiger partial charge >= 0.3 is 12.4 Å². The van der Waals surface area contributed by atoms with Crippen molar-refractivity contribution < 1.29 is 27.5 Å². The summed E-state index contributed by atoms with van der Waals surface area (Å²) in [6.07, 6.45) is -1.43. The maximum Gasteiger partial charge on any atom is 0.573 e. The molecule has 4 aromatic rings. The normalized spacial score (nSPS) is 15.4. The summed E-state index contributed by atoms with van der Waals surface area (Å²) in [4.78, 5) is 35.9.